The molecule has 0 spiro atoms. The summed E-state index contributed by atoms with van der Waals surface area (Å²) in [6, 6.07) is 8.11. The summed E-state index contributed by atoms with van der Waals surface area (Å²) in [5, 5.41) is 3.58. The van der Waals surface area contributed by atoms with Gasteiger partial charge in [0.1, 0.15) is 0 Å². The van der Waals surface area contributed by atoms with Crippen LogP contribution in [0.1, 0.15) is 54.3 Å². The first kappa shape index (κ1) is 15.6. The molecule has 126 valence electrons. The minimum atomic E-state index is 0.670. The average molecular weight is 313 g/mol. The van der Waals surface area contributed by atoms with Crippen molar-refractivity contribution in [3.8, 4) is 0 Å². The van der Waals surface area contributed by atoms with Gasteiger partial charge in [0.15, 0.2) is 0 Å². The average Bonchev–Trinajstić information content (AvgIpc) is 2.62. The number of fused-ring (bicyclic) bond motifs is 1. The second-order valence-electron chi connectivity index (χ2n) is 7.75. The summed E-state index contributed by atoms with van der Waals surface area (Å²) in [4.78, 5) is 5.21. The molecule has 2 unspecified atom stereocenters. The highest BCUT2D eigenvalue weighted by atomic mass is 15.3. The van der Waals surface area contributed by atoms with Crippen molar-refractivity contribution in [2.75, 3.05) is 46.3 Å². The Morgan fingerprint density at radius 1 is 1.04 bits per heavy atom. The van der Waals surface area contributed by atoms with Crippen molar-refractivity contribution in [3.05, 3.63) is 34.9 Å². The fourth-order valence-electron chi connectivity index (χ4n) is 4.70. The fraction of sp³-hybridized carbons (Fsp3) is 0.700. The number of nitrogens with one attached hydrogen (secondary N) is 1. The molecule has 2 saturated heterocycles. The van der Waals surface area contributed by atoms with Crippen LogP contribution in [0, 0.1) is 0 Å². The fourth-order valence-corrected chi connectivity index (χ4v) is 4.70. The lowest BCUT2D eigenvalue weighted by Crippen LogP contribution is -2.46. The first-order valence-electron chi connectivity index (χ1n) is 9.57. The molecule has 0 saturated carbocycles. The molecule has 1 aromatic carbocycles. The van der Waals surface area contributed by atoms with Crippen LogP contribution >= 0.6 is 0 Å². The Bertz CT molecular complexity index is 528. The molecule has 0 bridgehead atoms. The molecule has 2 fully saturated rings. The van der Waals surface area contributed by atoms with E-state index in [-0.39, 0.29) is 0 Å². The van der Waals surface area contributed by atoms with E-state index in [2.05, 4.69) is 40.4 Å². The standard InChI is InChI=1S/C20H31N3/c1-22-10-12-23(13-11-22)20-6-2-4-16-7-8-17(14-19(16)20)18-5-3-9-21-15-18/h7-8,14,18,20-21H,2-6,9-13,15H2,1H3. The third-order valence-corrected chi connectivity index (χ3v) is 6.20. The third kappa shape index (κ3) is 3.33. The molecule has 1 aromatic rings. The van der Waals surface area contributed by atoms with Crippen LogP contribution in [0.3, 0.4) is 0 Å². The lowest BCUT2D eigenvalue weighted by Gasteiger charge is -2.41. The molecule has 23 heavy (non-hydrogen) atoms. The lowest BCUT2D eigenvalue weighted by molar-refractivity contribution is 0.102. The molecule has 0 aromatic heterocycles. The van der Waals surface area contributed by atoms with Gasteiger partial charge in [-0.2, -0.15) is 0 Å². The summed E-state index contributed by atoms with van der Waals surface area (Å²) in [5.74, 6) is 0.726. The number of aryl methyl sites for hydroxylation is 1. The number of likely N-dealkylation sites (N-methyl/N-ethyl adjacent to an activating group) is 1. The van der Waals surface area contributed by atoms with Gasteiger partial charge >= 0.3 is 0 Å². The second-order valence-corrected chi connectivity index (χ2v) is 7.75. The maximum atomic E-state index is 3.58. The Morgan fingerprint density at radius 3 is 2.70 bits per heavy atom. The van der Waals surface area contributed by atoms with Gasteiger partial charge in [-0.3, -0.25) is 4.90 Å². The zero-order valence-corrected chi connectivity index (χ0v) is 14.6. The SMILES string of the molecule is CN1CCN(C2CCCc3ccc(C4CCCNC4)cc32)CC1. The van der Waals surface area contributed by atoms with E-state index >= 15 is 0 Å². The van der Waals surface area contributed by atoms with E-state index in [1.165, 1.54) is 64.8 Å². The van der Waals surface area contributed by atoms with Gasteiger partial charge < -0.3 is 10.2 Å². The van der Waals surface area contributed by atoms with Crippen LogP contribution in [0.5, 0.6) is 0 Å². The number of hydrogen-bond donors (Lipinski definition) is 1. The minimum absolute atomic E-state index is 0.670. The quantitative estimate of drug-likeness (QED) is 0.906. The van der Waals surface area contributed by atoms with Crippen molar-refractivity contribution in [2.45, 2.75) is 44.1 Å². The highest BCUT2D eigenvalue weighted by Crippen LogP contribution is 2.37. The van der Waals surface area contributed by atoms with Crippen molar-refractivity contribution in [1.29, 1.82) is 0 Å². The van der Waals surface area contributed by atoms with Crippen molar-refractivity contribution < 1.29 is 0 Å². The highest BCUT2D eigenvalue weighted by molar-refractivity contribution is 5.38. The Balaban J connectivity index is 1.58. The van der Waals surface area contributed by atoms with E-state index in [1.807, 2.05) is 0 Å². The van der Waals surface area contributed by atoms with Crippen molar-refractivity contribution >= 4 is 0 Å². The number of rotatable bonds is 2. The van der Waals surface area contributed by atoms with E-state index in [4.69, 9.17) is 0 Å². The van der Waals surface area contributed by atoms with Crippen LogP contribution in [0.4, 0.5) is 0 Å². The lowest BCUT2D eigenvalue weighted by atomic mass is 9.82. The van der Waals surface area contributed by atoms with Crippen molar-refractivity contribution in [3.63, 3.8) is 0 Å². The summed E-state index contributed by atoms with van der Waals surface area (Å²) < 4.78 is 0. The van der Waals surface area contributed by atoms with Crippen LogP contribution in [0.25, 0.3) is 0 Å². The molecule has 2 atom stereocenters. The van der Waals surface area contributed by atoms with E-state index < -0.39 is 0 Å². The maximum Gasteiger partial charge on any atom is 0.0352 e. The number of benzene rings is 1. The molecular weight excluding hydrogens is 282 g/mol. The molecule has 1 aliphatic carbocycles. The largest absolute Gasteiger partial charge is 0.316 e. The van der Waals surface area contributed by atoms with Gasteiger partial charge in [0.25, 0.3) is 0 Å². The molecule has 2 aliphatic heterocycles. The Morgan fingerprint density at radius 2 is 1.91 bits per heavy atom. The number of piperidine rings is 1. The predicted molar refractivity (Wildman–Crippen MR) is 96.0 cm³/mol. The van der Waals surface area contributed by atoms with Crippen molar-refractivity contribution in [1.82, 2.24) is 15.1 Å². The summed E-state index contributed by atoms with van der Waals surface area (Å²) >= 11 is 0. The highest BCUT2D eigenvalue weighted by Gasteiger charge is 2.28. The van der Waals surface area contributed by atoms with Gasteiger partial charge in [-0.05, 0) is 68.3 Å². The van der Waals surface area contributed by atoms with Gasteiger partial charge in [-0.15, -0.1) is 0 Å². The number of piperazine rings is 1. The van der Waals surface area contributed by atoms with E-state index in [1.54, 1.807) is 16.7 Å². The smallest absolute Gasteiger partial charge is 0.0352 e. The van der Waals surface area contributed by atoms with Gasteiger partial charge in [-0.1, -0.05) is 18.2 Å². The molecule has 3 heteroatoms. The molecule has 4 rings (SSSR count). The molecule has 0 radical (unpaired) electrons. The second kappa shape index (κ2) is 6.92. The normalized spacial score (nSPS) is 30.1. The van der Waals surface area contributed by atoms with Gasteiger partial charge in [-0.25, -0.2) is 0 Å². The van der Waals surface area contributed by atoms with E-state index in [0.717, 1.165) is 12.5 Å². The molecule has 3 aliphatic rings. The zero-order chi connectivity index (χ0) is 15.6. The minimum Gasteiger partial charge on any atom is -0.316 e. The van der Waals surface area contributed by atoms with Crippen LogP contribution in [0.15, 0.2) is 18.2 Å². The van der Waals surface area contributed by atoms with E-state index in [0.29, 0.717) is 6.04 Å². The topological polar surface area (TPSA) is 18.5 Å². The summed E-state index contributed by atoms with van der Waals surface area (Å²) in [6.07, 6.45) is 6.66. The number of hydrogen-bond acceptors (Lipinski definition) is 3. The first-order valence-corrected chi connectivity index (χ1v) is 9.57. The van der Waals surface area contributed by atoms with Gasteiger partial charge in [0.05, 0.1) is 0 Å². The molecule has 1 N–H and O–H groups in total. The Hall–Kier alpha value is -0.900. The monoisotopic (exact) mass is 313 g/mol. The molecule has 0 amide bonds. The van der Waals surface area contributed by atoms with Crippen LogP contribution in [-0.4, -0.2) is 56.1 Å². The predicted octanol–water partition coefficient (Wildman–Crippen LogP) is 2.78. The molecule has 2 heterocycles. The maximum absolute atomic E-state index is 3.58. The summed E-state index contributed by atoms with van der Waals surface area (Å²) in [5.41, 5.74) is 4.86. The van der Waals surface area contributed by atoms with Gasteiger partial charge in [0, 0.05) is 38.8 Å². The number of nitrogens with zero attached hydrogens (tertiary/aromatic N) is 2. The van der Waals surface area contributed by atoms with Crippen LogP contribution < -0.4 is 5.32 Å². The van der Waals surface area contributed by atoms with E-state index in [9.17, 15) is 0 Å². The third-order valence-electron chi connectivity index (χ3n) is 6.20. The van der Waals surface area contributed by atoms with Crippen molar-refractivity contribution in [2.24, 2.45) is 0 Å². The Labute approximate surface area is 141 Å². The molecular formula is C20H31N3. The molecule has 3 nitrogen and oxygen atoms in total. The first-order chi connectivity index (χ1) is 11.3. The summed E-state index contributed by atoms with van der Waals surface area (Å²) in [6.45, 7) is 7.27. The summed E-state index contributed by atoms with van der Waals surface area (Å²) in [7, 11) is 2.25. The van der Waals surface area contributed by atoms with Gasteiger partial charge in [0.2, 0.25) is 0 Å². The van der Waals surface area contributed by atoms with Crippen LogP contribution in [-0.2, 0) is 6.42 Å². The zero-order valence-electron chi connectivity index (χ0n) is 14.6. The van der Waals surface area contributed by atoms with Crippen LogP contribution in [0.2, 0.25) is 0 Å². The Kier molecular flexibility index (Phi) is 4.70.